The fraction of sp³-hybridized carbons (Fsp3) is 0.364. The third-order valence-corrected chi connectivity index (χ3v) is 5.61. The number of benzene rings is 2. The summed E-state index contributed by atoms with van der Waals surface area (Å²) in [6, 6.07) is 12.2. The molecule has 1 saturated heterocycles. The zero-order chi connectivity index (χ0) is 19.7. The Labute approximate surface area is 164 Å². The highest BCUT2D eigenvalue weighted by Crippen LogP contribution is 2.29. The number of amides is 1. The first-order valence-electron chi connectivity index (χ1n) is 9.68. The molecule has 0 atom stereocenters. The second kappa shape index (κ2) is 7.72. The van der Waals surface area contributed by atoms with Crippen LogP contribution < -0.4 is 9.80 Å². The van der Waals surface area contributed by atoms with Crippen LogP contribution in [-0.2, 0) is 11.2 Å². The van der Waals surface area contributed by atoms with E-state index < -0.39 is 0 Å². The quantitative estimate of drug-likeness (QED) is 0.764. The minimum Gasteiger partial charge on any atom is -0.369 e. The summed E-state index contributed by atoms with van der Waals surface area (Å²) in [5.74, 6) is -0.0788. The van der Waals surface area contributed by atoms with Gasteiger partial charge in [-0.05, 0) is 54.4 Å². The molecule has 2 aliphatic rings. The van der Waals surface area contributed by atoms with E-state index in [-0.39, 0.29) is 17.5 Å². The molecule has 0 bridgehead atoms. The topological polar surface area (TPSA) is 43.9 Å². The lowest BCUT2D eigenvalue weighted by Crippen LogP contribution is -2.48. The highest BCUT2D eigenvalue weighted by atomic mass is 19.1. The number of carbonyl (C=O) groups excluding carboxylic acids is 2. The van der Waals surface area contributed by atoms with E-state index in [1.165, 1.54) is 12.1 Å². The van der Waals surface area contributed by atoms with E-state index in [1.807, 2.05) is 18.2 Å². The molecular weight excluding hydrogens is 357 g/mol. The van der Waals surface area contributed by atoms with Crippen molar-refractivity contribution in [1.82, 2.24) is 4.90 Å². The van der Waals surface area contributed by atoms with Gasteiger partial charge in [0.25, 0.3) is 0 Å². The second-order valence-electron chi connectivity index (χ2n) is 7.43. The predicted octanol–water partition coefficient (Wildman–Crippen LogP) is 2.74. The molecule has 28 heavy (non-hydrogen) atoms. The lowest BCUT2D eigenvalue weighted by molar-refractivity contribution is -0.116. The van der Waals surface area contributed by atoms with E-state index >= 15 is 0 Å². The van der Waals surface area contributed by atoms with Crippen molar-refractivity contribution in [3.63, 3.8) is 0 Å². The third kappa shape index (κ3) is 3.78. The summed E-state index contributed by atoms with van der Waals surface area (Å²) in [6.45, 7) is 5.88. The molecule has 2 aliphatic heterocycles. The molecule has 6 heteroatoms. The molecule has 2 aromatic rings. The van der Waals surface area contributed by atoms with Gasteiger partial charge in [0.1, 0.15) is 5.82 Å². The maximum absolute atomic E-state index is 13.1. The first-order valence-corrected chi connectivity index (χ1v) is 9.68. The number of hydrogen-bond acceptors (Lipinski definition) is 4. The number of Topliss-reactive ketones (excluding diaryl/α,β-unsaturated/α-hetero) is 1. The number of rotatable bonds is 4. The van der Waals surface area contributed by atoms with Crippen molar-refractivity contribution in [3.8, 4) is 0 Å². The first kappa shape index (κ1) is 18.6. The van der Waals surface area contributed by atoms with Gasteiger partial charge in [-0.15, -0.1) is 0 Å². The molecule has 0 N–H and O–H groups in total. The molecule has 0 aromatic heterocycles. The average molecular weight is 381 g/mol. The van der Waals surface area contributed by atoms with E-state index in [9.17, 15) is 14.0 Å². The van der Waals surface area contributed by atoms with E-state index in [2.05, 4.69) is 9.80 Å². The number of halogens is 1. The summed E-state index contributed by atoms with van der Waals surface area (Å²) < 4.78 is 13.1. The number of carbonyl (C=O) groups is 2. The molecule has 0 unspecified atom stereocenters. The minimum atomic E-state index is -0.228. The Bertz CT molecular complexity index is 889. The van der Waals surface area contributed by atoms with Gasteiger partial charge in [0.2, 0.25) is 5.91 Å². The van der Waals surface area contributed by atoms with Crippen molar-refractivity contribution in [2.24, 2.45) is 0 Å². The van der Waals surface area contributed by atoms with Gasteiger partial charge in [0.05, 0.1) is 6.54 Å². The summed E-state index contributed by atoms with van der Waals surface area (Å²) in [7, 11) is 0. The van der Waals surface area contributed by atoms with Crippen LogP contribution >= 0.6 is 0 Å². The normalized spacial score (nSPS) is 16.9. The number of fused-ring (bicyclic) bond motifs is 1. The van der Waals surface area contributed by atoms with Gasteiger partial charge in [-0.25, -0.2) is 4.39 Å². The second-order valence-corrected chi connectivity index (χ2v) is 7.43. The van der Waals surface area contributed by atoms with E-state index in [1.54, 1.807) is 24.0 Å². The van der Waals surface area contributed by atoms with Crippen LogP contribution in [0.25, 0.3) is 0 Å². The predicted molar refractivity (Wildman–Crippen MR) is 108 cm³/mol. The zero-order valence-corrected chi connectivity index (χ0v) is 16.0. The largest absolute Gasteiger partial charge is 0.369 e. The first-order chi connectivity index (χ1) is 13.5. The molecule has 1 amide bonds. The zero-order valence-electron chi connectivity index (χ0n) is 16.0. The molecular formula is C22H24FN3O2. The Morgan fingerprint density at radius 3 is 2.36 bits per heavy atom. The van der Waals surface area contributed by atoms with Gasteiger partial charge in [-0.1, -0.05) is 0 Å². The maximum atomic E-state index is 13.1. The van der Waals surface area contributed by atoms with Crippen molar-refractivity contribution < 1.29 is 14.0 Å². The van der Waals surface area contributed by atoms with Crippen molar-refractivity contribution in [2.75, 3.05) is 49.1 Å². The van der Waals surface area contributed by atoms with Crippen molar-refractivity contribution in [1.29, 1.82) is 0 Å². The lowest BCUT2D eigenvalue weighted by atomic mass is 10.0. The summed E-state index contributed by atoms with van der Waals surface area (Å²) in [5, 5.41) is 0. The molecule has 0 spiro atoms. The number of hydrogen-bond donors (Lipinski definition) is 0. The van der Waals surface area contributed by atoms with Gasteiger partial charge >= 0.3 is 0 Å². The standard InChI is InChI=1S/C22H24FN3O2/c1-16(27)26-9-8-17-14-18(2-7-21(17)26)22(28)15-24-10-12-25(13-11-24)20-5-3-19(23)4-6-20/h2-7,14H,8-13,15H2,1H3. The van der Waals surface area contributed by atoms with E-state index in [4.69, 9.17) is 0 Å². The van der Waals surface area contributed by atoms with Gasteiger partial charge in [0.15, 0.2) is 5.78 Å². The molecule has 4 rings (SSSR count). The molecule has 5 nitrogen and oxygen atoms in total. The number of nitrogens with zero attached hydrogens (tertiary/aromatic N) is 3. The van der Waals surface area contributed by atoms with Gasteiger partial charge in [-0.3, -0.25) is 14.5 Å². The van der Waals surface area contributed by atoms with Crippen LogP contribution in [0.2, 0.25) is 0 Å². The molecule has 2 aromatic carbocycles. The smallest absolute Gasteiger partial charge is 0.223 e. The molecule has 146 valence electrons. The van der Waals surface area contributed by atoms with Gasteiger partial charge < -0.3 is 9.80 Å². The Hall–Kier alpha value is -2.73. The molecule has 0 aliphatic carbocycles. The molecule has 0 radical (unpaired) electrons. The summed E-state index contributed by atoms with van der Waals surface area (Å²) in [5.41, 5.74) is 3.73. The lowest BCUT2D eigenvalue weighted by Gasteiger charge is -2.35. The van der Waals surface area contributed by atoms with Crippen LogP contribution in [0.15, 0.2) is 42.5 Å². The van der Waals surface area contributed by atoms with E-state index in [0.717, 1.165) is 49.5 Å². The highest BCUT2D eigenvalue weighted by Gasteiger charge is 2.24. The number of ketones is 1. The van der Waals surface area contributed by atoms with Crippen LogP contribution in [0.3, 0.4) is 0 Å². The van der Waals surface area contributed by atoms with Gasteiger partial charge in [-0.2, -0.15) is 0 Å². The maximum Gasteiger partial charge on any atom is 0.223 e. The van der Waals surface area contributed by atoms with Crippen molar-refractivity contribution >= 4 is 23.1 Å². The minimum absolute atomic E-state index is 0.0388. The van der Waals surface area contributed by atoms with Crippen molar-refractivity contribution in [2.45, 2.75) is 13.3 Å². The number of piperazine rings is 1. The molecule has 1 fully saturated rings. The highest BCUT2D eigenvalue weighted by molar-refractivity contribution is 6.00. The molecule has 0 saturated carbocycles. The van der Waals surface area contributed by atoms with Crippen molar-refractivity contribution in [3.05, 3.63) is 59.4 Å². The average Bonchev–Trinajstić information content (AvgIpc) is 3.13. The summed E-state index contributed by atoms with van der Waals surface area (Å²) in [6.07, 6.45) is 0.798. The fourth-order valence-electron chi connectivity index (χ4n) is 4.01. The monoisotopic (exact) mass is 381 g/mol. The Morgan fingerprint density at radius 1 is 0.964 bits per heavy atom. The van der Waals surface area contributed by atoms with Crippen LogP contribution in [0.1, 0.15) is 22.8 Å². The Balaban J connectivity index is 1.35. The van der Waals surface area contributed by atoms with Crippen LogP contribution in [-0.4, -0.2) is 55.9 Å². The molecule has 2 heterocycles. The number of anilines is 2. The Kier molecular flexibility index (Phi) is 5.13. The van der Waals surface area contributed by atoms with Gasteiger partial charge in [0, 0.05) is 56.6 Å². The summed E-state index contributed by atoms with van der Waals surface area (Å²) >= 11 is 0. The van der Waals surface area contributed by atoms with Crippen LogP contribution in [0, 0.1) is 5.82 Å². The van der Waals surface area contributed by atoms with Crippen LogP contribution in [0.4, 0.5) is 15.8 Å². The SMILES string of the molecule is CC(=O)N1CCc2cc(C(=O)CN3CCN(c4ccc(F)cc4)CC3)ccc21. The van der Waals surface area contributed by atoms with Crippen LogP contribution in [0.5, 0.6) is 0 Å². The van der Waals surface area contributed by atoms with E-state index in [0.29, 0.717) is 18.7 Å². The summed E-state index contributed by atoms with van der Waals surface area (Å²) in [4.78, 5) is 30.5. The third-order valence-electron chi connectivity index (χ3n) is 5.61. The Morgan fingerprint density at radius 2 is 1.68 bits per heavy atom. The fourth-order valence-corrected chi connectivity index (χ4v) is 4.01.